The molecule has 0 bridgehead atoms. The molecule has 0 heterocycles. The highest BCUT2D eigenvalue weighted by molar-refractivity contribution is 7.17. The molecule has 0 aliphatic carbocycles. The summed E-state index contributed by atoms with van der Waals surface area (Å²) >= 11 is 0. The minimum absolute atomic E-state index is 0.670. The second kappa shape index (κ2) is 4.71. The van der Waals surface area contributed by atoms with Crippen LogP contribution in [0.3, 0.4) is 0 Å². The fraction of sp³-hybridized carbons (Fsp3) is 1.00. The number of hydrogen-bond donors (Lipinski definition) is 0. The normalized spacial score (nSPS) is 21.4. The summed E-state index contributed by atoms with van der Waals surface area (Å²) in [5.41, 5.74) is 0. The monoisotopic (exact) mass is 238 g/mol. The third kappa shape index (κ3) is 4.05. The predicted molar refractivity (Wildman–Crippen MR) is 45.6 cm³/mol. The van der Waals surface area contributed by atoms with Crippen LogP contribution in [0, 0.1) is 0 Å². The first kappa shape index (κ1) is 14.0. The highest BCUT2D eigenvalue weighted by Gasteiger charge is 2.42. The largest absolute Gasteiger partial charge is 0.337 e. The van der Waals surface area contributed by atoms with Gasteiger partial charge in [-0.3, -0.25) is 0 Å². The van der Waals surface area contributed by atoms with E-state index < -0.39 is 30.5 Å². The molecule has 0 radical (unpaired) electrons. The van der Waals surface area contributed by atoms with Crippen LogP contribution in [0.2, 0.25) is 0 Å². The summed E-state index contributed by atoms with van der Waals surface area (Å²) in [6, 6.07) is 0. The Labute approximate surface area is 81.2 Å². The molecule has 0 amide bonds. The Bertz CT molecular complexity index is 163. The van der Waals surface area contributed by atoms with E-state index >= 15 is 0 Å². The Morgan fingerprint density at radius 3 is 2.00 bits per heavy atom. The van der Waals surface area contributed by atoms with Gasteiger partial charge in [0.15, 0.2) is 12.1 Å². The van der Waals surface area contributed by atoms with Gasteiger partial charge >= 0.3 is 5.92 Å². The fourth-order valence-corrected chi connectivity index (χ4v) is 0.528. The van der Waals surface area contributed by atoms with Crippen LogP contribution in [0.5, 0.6) is 0 Å². The van der Waals surface area contributed by atoms with Gasteiger partial charge in [0.2, 0.25) is 5.85 Å². The van der Waals surface area contributed by atoms with Crippen molar-refractivity contribution in [3.8, 4) is 0 Å². The molecule has 14 heavy (non-hydrogen) atoms. The second-order valence-corrected chi connectivity index (χ2v) is 3.64. The lowest BCUT2D eigenvalue weighted by Crippen LogP contribution is -2.40. The zero-order chi connectivity index (χ0) is 11.6. The van der Waals surface area contributed by atoms with Crippen molar-refractivity contribution in [1.82, 2.24) is 0 Å². The molecule has 0 aromatic carbocycles. The Morgan fingerprint density at radius 2 is 1.71 bits per heavy atom. The van der Waals surface area contributed by atoms with Crippen LogP contribution in [0.4, 0.5) is 22.0 Å². The average Bonchev–Trinajstić information content (AvgIpc) is 2.01. The Balaban J connectivity index is 4.18. The van der Waals surface area contributed by atoms with Crippen LogP contribution in [0.25, 0.3) is 0 Å². The van der Waals surface area contributed by atoms with Crippen LogP contribution in [0.15, 0.2) is 0 Å². The van der Waals surface area contributed by atoms with E-state index in [2.05, 4.69) is 4.74 Å². The molecule has 0 saturated carbocycles. The van der Waals surface area contributed by atoms with E-state index in [-0.39, 0.29) is 0 Å². The van der Waals surface area contributed by atoms with Crippen molar-refractivity contribution in [2.75, 3.05) is 6.61 Å². The van der Waals surface area contributed by atoms with Crippen molar-refractivity contribution in [2.45, 2.75) is 37.7 Å². The molecule has 0 fully saturated rings. The molecule has 0 aromatic rings. The minimum Gasteiger partial charge on any atom is -0.337 e. The quantitative estimate of drug-likeness (QED) is 0.528. The number of halogens is 5. The third-order valence-corrected chi connectivity index (χ3v) is 2.15. The molecule has 0 aliphatic rings. The molecule has 0 spiro atoms. The van der Waals surface area contributed by atoms with Crippen LogP contribution in [-0.2, 0) is 4.74 Å². The maximum Gasteiger partial charge on any atom is 0.304 e. The molecule has 0 rings (SSSR count). The molecule has 0 N–H and O–H groups in total. The van der Waals surface area contributed by atoms with E-state index in [1.165, 1.54) is 9.24 Å². The van der Waals surface area contributed by atoms with E-state index in [9.17, 15) is 22.0 Å². The zero-order valence-corrected chi connectivity index (χ0v) is 8.89. The summed E-state index contributed by atoms with van der Waals surface area (Å²) in [6.07, 6.45) is -2.07. The van der Waals surface area contributed by atoms with Crippen molar-refractivity contribution in [2.24, 2.45) is 0 Å². The van der Waals surface area contributed by atoms with Crippen molar-refractivity contribution < 1.29 is 26.7 Å². The van der Waals surface area contributed by atoms with Crippen molar-refractivity contribution in [3.63, 3.8) is 0 Å². The Morgan fingerprint density at radius 1 is 1.29 bits per heavy atom. The Hall–Kier alpha value is 0.0400. The summed E-state index contributed by atoms with van der Waals surface area (Å²) in [4.78, 5) is 0. The highest BCUT2D eigenvalue weighted by Crippen LogP contribution is 2.30. The summed E-state index contributed by atoms with van der Waals surface area (Å²) < 4.78 is 66.6. The van der Waals surface area contributed by atoms with Gasteiger partial charge in [-0.05, 0) is 13.8 Å². The molecule has 86 valence electrons. The number of rotatable bonds is 5. The molecular formula is C7H12F5OP. The van der Waals surface area contributed by atoms with Crippen LogP contribution < -0.4 is 0 Å². The van der Waals surface area contributed by atoms with Gasteiger partial charge < -0.3 is 4.74 Å². The fourth-order valence-electron chi connectivity index (χ4n) is 0.432. The van der Waals surface area contributed by atoms with Crippen molar-refractivity contribution in [1.29, 1.82) is 0 Å². The second-order valence-electron chi connectivity index (χ2n) is 3.05. The number of ether oxygens (including phenoxy) is 1. The van der Waals surface area contributed by atoms with Crippen molar-refractivity contribution in [3.05, 3.63) is 0 Å². The van der Waals surface area contributed by atoms with Gasteiger partial charge in [0, 0.05) is 0 Å². The summed E-state index contributed by atoms with van der Waals surface area (Å²) in [5.74, 6) is -9.22. The molecule has 0 aliphatic heterocycles. The smallest absolute Gasteiger partial charge is 0.304 e. The van der Waals surface area contributed by atoms with Gasteiger partial charge in [-0.1, -0.05) is 9.24 Å². The number of alkyl halides is 5. The zero-order valence-electron chi connectivity index (χ0n) is 7.74. The summed E-state index contributed by atoms with van der Waals surface area (Å²) in [5, 5.41) is 0. The topological polar surface area (TPSA) is 9.23 Å². The Kier molecular flexibility index (Phi) is 4.72. The SMILES string of the molecule is CC(F)C(C)(F)OCC(F)(F)[C@H](F)P. The highest BCUT2D eigenvalue weighted by atomic mass is 31.0. The summed E-state index contributed by atoms with van der Waals surface area (Å²) in [7, 11) is 1.23. The molecule has 3 unspecified atom stereocenters. The van der Waals surface area contributed by atoms with Gasteiger partial charge in [0.05, 0.1) is 0 Å². The van der Waals surface area contributed by atoms with Gasteiger partial charge in [-0.25, -0.2) is 22.0 Å². The van der Waals surface area contributed by atoms with E-state index in [1.54, 1.807) is 0 Å². The molecule has 0 aromatic heterocycles. The first-order chi connectivity index (χ1) is 6.09. The minimum atomic E-state index is -3.84. The predicted octanol–water partition coefficient (Wildman–Crippen LogP) is 2.85. The van der Waals surface area contributed by atoms with Gasteiger partial charge in [0.25, 0.3) is 0 Å². The van der Waals surface area contributed by atoms with E-state index in [0.717, 1.165) is 6.92 Å². The molecule has 4 atom stereocenters. The molecular weight excluding hydrogens is 226 g/mol. The first-order valence-corrected chi connectivity index (χ1v) is 4.50. The summed E-state index contributed by atoms with van der Waals surface area (Å²) in [6.45, 7) is -0.00547. The lowest BCUT2D eigenvalue weighted by molar-refractivity contribution is -0.216. The lowest BCUT2D eigenvalue weighted by atomic mass is 10.2. The lowest BCUT2D eigenvalue weighted by Gasteiger charge is -2.26. The maximum absolute atomic E-state index is 12.9. The van der Waals surface area contributed by atoms with E-state index in [1.807, 2.05) is 0 Å². The van der Waals surface area contributed by atoms with Crippen LogP contribution in [0.1, 0.15) is 13.8 Å². The first-order valence-electron chi connectivity index (χ1n) is 3.84. The molecule has 0 saturated heterocycles. The van der Waals surface area contributed by atoms with Crippen LogP contribution >= 0.6 is 9.24 Å². The third-order valence-electron chi connectivity index (χ3n) is 1.66. The standard InChI is InChI=1S/C7H12F5OP/c1-4(8)6(2,10)13-3-7(11,12)5(9)14/h4-5H,3,14H2,1-2H3/t4?,5-,6?/m1/s1. The number of hydrogen-bond acceptors (Lipinski definition) is 1. The molecule has 7 heteroatoms. The van der Waals surface area contributed by atoms with Gasteiger partial charge in [-0.15, -0.1) is 0 Å². The van der Waals surface area contributed by atoms with E-state index in [4.69, 9.17) is 0 Å². The van der Waals surface area contributed by atoms with Crippen LogP contribution in [-0.4, -0.2) is 30.5 Å². The molecule has 1 nitrogen and oxygen atoms in total. The van der Waals surface area contributed by atoms with E-state index in [0.29, 0.717) is 6.92 Å². The van der Waals surface area contributed by atoms with Gasteiger partial charge in [-0.2, -0.15) is 0 Å². The average molecular weight is 238 g/mol. The maximum atomic E-state index is 12.9. The van der Waals surface area contributed by atoms with Gasteiger partial charge in [0.1, 0.15) is 6.61 Å². The van der Waals surface area contributed by atoms with Crippen molar-refractivity contribution >= 4 is 9.24 Å².